The van der Waals surface area contributed by atoms with Gasteiger partial charge in [-0.25, -0.2) is 4.99 Å². The normalized spacial score (nSPS) is 12.4. The first-order valence-electron chi connectivity index (χ1n) is 8.55. The zero-order valence-electron chi connectivity index (χ0n) is 15.2. The number of halogens is 1. The topological polar surface area (TPSA) is 61.6 Å². The second-order valence-electron chi connectivity index (χ2n) is 6.02. The van der Waals surface area contributed by atoms with Crippen molar-refractivity contribution in [2.45, 2.75) is 33.4 Å². The van der Waals surface area contributed by atoms with Crippen molar-refractivity contribution in [2.75, 3.05) is 18.4 Å². The summed E-state index contributed by atoms with van der Waals surface area (Å²) in [7, 11) is 0. The van der Waals surface area contributed by atoms with Gasteiger partial charge in [0.1, 0.15) is 12.3 Å². The Morgan fingerprint density at radius 2 is 1.84 bits per heavy atom. The van der Waals surface area contributed by atoms with Crippen molar-refractivity contribution in [1.82, 2.24) is 10.6 Å². The molecule has 1 heterocycles. The number of furan rings is 1. The molecule has 0 saturated carbocycles. The molecule has 1 aromatic heterocycles. The molecule has 0 amide bonds. The van der Waals surface area contributed by atoms with E-state index in [9.17, 15) is 0 Å². The highest BCUT2D eigenvalue weighted by molar-refractivity contribution is 14.0. The number of anilines is 1. The van der Waals surface area contributed by atoms with Gasteiger partial charge < -0.3 is 20.4 Å². The first kappa shape index (κ1) is 21.3. The van der Waals surface area contributed by atoms with Crippen LogP contribution in [0.15, 0.2) is 58.1 Å². The number of nitrogens with zero attached hydrogens (tertiary/aromatic N) is 1. The SMILES string of the molecule is CCNC(=NCc1ccco1)NCC(Nc1ccccc1)C(C)C.I. The fourth-order valence-electron chi connectivity index (χ4n) is 2.31. The third-order valence-corrected chi connectivity index (χ3v) is 3.74. The van der Waals surface area contributed by atoms with E-state index in [0.29, 0.717) is 18.5 Å². The van der Waals surface area contributed by atoms with Crippen molar-refractivity contribution in [2.24, 2.45) is 10.9 Å². The van der Waals surface area contributed by atoms with Crippen LogP contribution in [0.3, 0.4) is 0 Å². The van der Waals surface area contributed by atoms with Gasteiger partial charge in [-0.15, -0.1) is 24.0 Å². The predicted molar refractivity (Wildman–Crippen MR) is 116 cm³/mol. The summed E-state index contributed by atoms with van der Waals surface area (Å²) in [5, 5.41) is 10.3. The number of hydrogen-bond donors (Lipinski definition) is 3. The van der Waals surface area contributed by atoms with Crippen LogP contribution in [0.25, 0.3) is 0 Å². The Morgan fingerprint density at radius 1 is 1.08 bits per heavy atom. The molecule has 3 N–H and O–H groups in total. The first-order chi connectivity index (χ1) is 11.7. The number of nitrogens with one attached hydrogen (secondary N) is 3. The van der Waals surface area contributed by atoms with Crippen molar-refractivity contribution in [3.05, 3.63) is 54.5 Å². The molecule has 0 spiro atoms. The molecule has 0 aliphatic heterocycles. The van der Waals surface area contributed by atoms with E-state index in [-0.39, 0.29) is 24.0 Å². The summed E-state index contributed by atoms with van der Waals surface area (Å²) in [6.45, 7) is 8.64. The van der Waals surface area contributed by atoms with E-state index in [1.807, 2.05) is 30.3 Å². The average molecular weight is 456 g/mol. The van der Waals surface area contributed by atoms with Crippen LogP contribution in [0.4, 0.5) is 5.69 Å². The summed E-state index contributed by atoms with van der Waals surface area (Å²) in [5.74, 6) is 2.15. The number of guanidine groups is 1. The summed E-state index contributed by atoms with van der Waals surface area (Å²) in [6, 6.07) is 14.4. The fraction of sp³-hybridized carbons (Fsp3) is 0.421. The molecule has 25 heavy (non-hydrogen) atoms. The minimum absolute atomic E-state index is 0. The lowest BCUT2D eigenvalue weighted by Crippen LogP contribution is -2.44. The molecular weight excluding hydrogens is 427 g/mol. The fourth-order valence-corrected chi connectivity index (χ4v) is 2.31. The van der Waals surface area contributed by atoms with E-state index in [2.05, 4.69) is 53.8 Å². The summed E-state index contributed by atoms with van der Waals surface area (Å²) < 4.78 is 5.33. The van der Waals surface area contributed by atoms with Gasteiger partial charge in [0.15, 0.2) is 5.96 Å². The van der Waals surface area contributed by atoms with E-state index in [0.717, 1.165) is 30.5 Å². The Bertz CT molecular complexity index is 599. The van der Waals surface area contributed by atoms with E-state index in [4.69, 9.17) is 4.42 Å². The highest BCUT2D eigenvalue weighted by Gasteiger charge is 2.13. The minimum atomic E-state index is 0. The molecule has 0 radical (unpaired) electrons. The maximum Gasteiger partial charge on any atom is 0.191 e. The van der Waals surface area contributed by atoms with Gasteiger partial charge >= 0.3 is 0 Å². The largest absolute Gasteiger partial charge is 0.467 e. The molecule has 6 heteroatoms. The van der Waals surface area contributed by atoms with Crippen LogP contribution in [0.1, 0.15) is 26.5 Å². The van der Waals surface area contributed by atoms with Crippen LogP contribution < -0.4 is 16.0 Å². The molecule has 0 fully saturated rings. The number of rotatable bonds is 8. The van der Waals surface area contributed by atoms with Crippen molar-refractivity contribution in [1.29, 1.82) is 0 Å². The standard InChI is InChI=1S/C19H28N4O.HI/c1-4-20-19(21-13-17-11-8-12-24-17)22-14-18(15(2)3)23-16-9-6-5-7-10-16;/h5-12,15,18,23H,4,13-14H2,1-3H3,(H2,20,21,22);1H. The number of aliphatic imine (C=N–C) groups is 1. The molecule has 0 aliphatic rings. The van der Waals surface area contributed by atoms with Crippen LogP contribution in [-0.2, 0) is 6.54 Å². The van der Waals surface area contributed by atoms with Gasteiger partial charge in [0.05, 0.1) is 6.26 Å². The molecule has 0 aliphatic carbocycles. The van der Waals surface area contributed by atoms with Gasteiger partial charge in [-0.2, -0.15) is 0 Å². The van der Waals surface area contributed by atoms with Gasteiger partial charge in [-0.1, -0.05) is 32.0 Å². The van der Waals surface area contributed by atoms with Crippen LogP contribution in [0.5, 0.6) is 0 Å². The summed E-state index contributed by atoms with van der Waals surface area (Å²) in [4.78, 5) is 4.57. The Morgan fingerprint density at radius 3 is 2.44 bits per heavy atom. The number of para-hydroxylation sites is 1. The van der Waals surface area contributed by atoms with Crippen molar-refractivity contribution < 1.29 is 4.42 Å². The summed E-state index contributed by atoms with van der Waals surface area (Å²) in [6.07, 6.45) is 1.67. The first-order valence-corrected chi connectivity index (χ1v) is 8.55. The quantitative estimate of drug-likeness (QED) is 0.318. The lowest BCUT2D eigenvalue weighted by atomic mass is 10.0. The Labute approximate surface area is 167 Å². The Kier molecular flexibility index (Phi) is 10.1. The van der Waals surface area contributed by atoms with Gasteiger partial charge in [0, 0.05) is 24.8 Å². The van der Waals surface area contributed by atoms with E-state index < -0.39 is 0 Å². The van der Waals surface area contributed by atoms with Crippen molar-refractivity contribution >= 4 is 35.6 Å². The maximum atomic E-state index is 5.33. The molecule has 1 atom stereocenters. The third kappa shape index (κ3) is 7.81. The molecule has 0 saturated heterocycles. The highest BCUT2D eigenvalue weighted by atomic mass is 127. The zero-order valence-corrected chi connectivity index (χ0v) is 17.5. The highest BCUT2D eigenvalue weighted by Crippen LogP contribution is 2.11. The molecule has 1 aromatic carbocycles. The lowest BCUT2D eigenvalue weighted by Gasteiger charge is -2.25. The zero-order chi connectivity index (χ0) is 17.2. The van der Waals surface area contributed by atoms with Crippen LogP contribution in [0.2, 0.25) is 0 Å². The number of benzene rings is 1. The van der Waals surface area contributed by atoms with Gasteiger partial charge in [-0.05, 0) is 37.1 Å². The van der Waals surface area contributed by atoms with Crippen molar-refractivity contribution in [3.8, 4) is 0 Å². The second-order valence-corrected chi connectivity index (χ2v) is 6.02. The van der Waals surface area contributed by atoms with Crippen LogP contribution in [0, 0.1) is 5.92 Å². The Hall–Kier alpha value is -1.70. The van der Waals surface area contributed by atoms with Gasteiger partial charge in [-0.3, -0.25) is 0 Å². The average Bonchev–Trinajstić information content (AvgIpc) is 3.10. The molecule has 138 valence electrons. The van der Waals surface area contributed by atoms with Crippen molar-refractivity contribution in [3.63, 3.8) is 0 Å². The monoisotopic (exact) mass is 456 g/mol. The molecular formula is C19H29IN4O. The van der Waals surface area contributed by atoms with Gasteiger partial charge in [0.2, 0.25) is 0 Å². The predicted octanol–water partition coefficient (Wildman–Crippen LogP) is 4.09. The van der Waals surface area contributed by atoms with E-state index in [1.165, 1.54) is 0 Å². The Balaban J connectivity index is 0.00000312. The lowest BCUT2D eigenvalue weighted by molar-refractivity contribution is 0.506. The molecule has 1 unspecified atom stereocenters. The molecule has 2 aromatic rings. The summed E-state index contributed by atoms with van der Waals surface area (Å²) >= 11 is 0. The molecule has 0 bridgehead atoms. The summed E-state index contributed by atoms with van der Waals surface area (Å²) in [5.41, 5.74) is 1.13. The molecule has 5 nitrogen and oxygen atoms in total. The second kappa shape index (κ2) is 11.8. The van der Waals surface area contributed by atoms with E-state index in [1.54, 1.807) is 6.26 Å². The van der Waals surface area contributed by atoms with E-state index >= 15 is 0 Å². The van der Waals surface area contributed by atoms with Gasteiger partial charge in [0.25, 0.3) is 0 Å². The molecule has 2 rings (SSSR count). The maximum absolute atomic E-state index is 5.33. The third-order valence-electron chi connectivity index (χ3n) is 3.74. The number of hydrogen-bond acceptors (Lipinski definition) is 3. The minimum Gasteiger partial charge on any atom is -0.467 e. The van der Waals surface area contributed by atoms with Crippen LogP contribution >= 0.6 is 24.0 Å². The smallest absolute Gasteiger partial charge is 0.191 e. The van der Waals surface area contributed by atoms with Crippen LogP contribution in [-0.4, -0.2) is 25.1 Å².